The molecule has 1 atom stereocenters. The number of hydrogen-bond acceptors (Lipinski definition) is 3. The molecule has 154 valence electrons. The molecule has 2 rings (SSSR count). The maximum Gasteiger partial charge on any atom is 0.317 e. The molecule has 1 aromatic rings. The predicted octanol–water partition coefficient (Wildman–Crippen LogP) is 1.89. The zero-order valence-corrected chi connectivity index (χ0v) is 16.5. The zero-order chi connectivity index (χ0) is 20.5. The summed E-state index contributed by atoms with van der Waals surface area (Å²) in [5, 5.41) is 8.43. The minimum Gasteiger partial charge on any atom is -0.354 e. The summed E-state index contributed by atoms with van der Waals surface area (Å²) in [5.41, 5.74) is 0.300. The zero-order valence-electron chi connectivity index (χ0n) is 16.5. The molecule has 0 saturated carbocycles. The lowest BCUT2D eigenvalue weighted by molar-refractivity contribution is -0.124. The number of piperidine rings is 1. The molecule has 1 heterocycles. The van der Waals surface area contributed by atoms with Gasteiger partial charge in [-0.25, -0.2) is 9.18 Å². The molecule has 7 nitrogen and oxygen atoms in total. The molecule has 1 fully saturated rings. The van der Waals surface area contributed by atoms with Crippen molar-refractivity contribution in [2.75, 3.05) is 26.2 Å². The summed E-state index contributed by atoms with van der Waals surface area (Å²) in [7, 11) is 0. The second kappa shape index (κ2) is 10.6. The number of carbonyl (C=O) groups is 3. The average molecular weight is 392 g/mol. The fourth-order valence-corrected chi connectivity index (χ4v) is 3.28. The van der Waals surface area contributed by atoms with Crippen LogP contribution in [0.5, 0.6) is 0 Å². The molecule has 1 aromatic carbocycles. The van der Waals surface area contributed by atoms with Gasteiger partial charge in [-0.15, -0.1) is 0 Å². The van der Waals surface area contributed by atoms with E-state index in [0.717, 1.165) is 6.42 Å². The van der Waals surface area contributed by atoms with E-state index in [1.807, 2.05) is 13.8 Å². The molecule has 1 aliphatic rings. The number of rotatable bonds is 7. The normalized spacial score (nSPS) is 15.6. The Morgan fingerprint density at radius 2 is 1.75 bits per heavy atom. The van der Waals surface area contributed by atoms with E-state index in [2.05, 4.69) is 16.0 Å². The molecule has 1 aliphatic heterocycles. The van der Waals surface area contributed by atoms with Crippen LogP contribution in [0.3, 0.4) is 0 Å². The Bertz CT molecular complexity index is 673. The van der Waals surface area contributed by atoms with Gasteiger partial charge in [0.2, 0.25) is 5.91 Å². The second-order valence-electron chi connectivity index (χ2n) is 6.91. The van der Waals surface area contributed by atoms with Gasteiger partial charge in [0.05, 0.1) is 0 Å². The molecule has 0 spiro atoms. The van der Waals surface area contributed by atoms with Crippen LogP contribution < -0.4 is 16.0 Å². The van der Waals surface area contributed by atoms with Gasteiger partial charge in [0.1, 0.15) is 11.9 Å². The maximum absolute atomic E-state index is 13.1. The number of nitrogens with zero attached hydrogens (tertiary/aromatic N) is 1. The van der Waals surface area contributed by atoms with Gasteiger partial charge in [-0.1, -0.05) is 6.92 Å². The van der Waals surface area contributed by atoms with E-state index >= 15 is 0 Å². The number of urea groups is 1. The van der Waals surface area contributed by atoms with Crippen molar-refractivity contribution in [2.24, 2.45) is 5.92 Å². The van der Waals surface area contributed by atoms with Gasteiger partial charge >= 0.3 is 6.03 Å². The third-order valence-electron chi connectivity index (χ3n) is 4.85. The highest BCUT2D eigenvalue weighted by Crippen LogP contribution is 2.22. The molecular formula is C20H29FN4O3. The molecule has 4 amide bonds. The SMILES string of the molecule is CCCNC(=O)C(NC(=O)c1ccc(F)cc1)C1CCN(C(=O)NCC)CC1. The van der Waals surface area contributed by atoms with Crippen molar-refractivity contribution < 1.29 is 18.8 Å². The Morgan fingerprint density at radius 1 is 1.11 bits per heavy atom. The minimum atomic E-state index is -0.694. The second-order valence-corrected chi connectivity index (χ2v) is 6.91. The van der Waals surface area contributed by atoms with Crippen molar-refractivity contribution in [1.29, 1.82) is 0 Å². The van der Waals surface area contributed by atoms with Crippen LogP contribution in [0.2, 0.25) is 0 Å². The van der Waals surface area contributed by atoms with E-state index in [4.69, 9.17) is 0 Å². The highest BCUT2D eigenvalue weighted by molar-refractivity contribution is 5.97. The highest BCUT2D eigenvalue weighted by Gasteiger charge is 2.33. The Hall–Kier alpha value is -2.64. The Morgan fingerprint density at radius 3 is 2.32 bits per heavy atom. The molecule has 0 aromatic heterocycles. The molecule has 3 N–H and O–H groups in total. The van der Waals surface area contributed by atoms with Crippen LogP contribution in [0.15, 0.2) is 24.3 Å². The monoisotopic (exact) mass is 392 g/mol. The van der Waals surface area contributed by atoms with E-state index < -0.39 is 17.8 Å². The fraction of sp³-hybridized carbons (Fsp3) is 0.550. The summed E-state index contributed by atoms with van der Waals surface area (Å²) in [6.07, 6.45) is 2.02. The summed E-state index contributed by atoms with van der Waals surface area (Å²) < 4.78 is 13.1. The summed E-state index contributed by atoms with van der Waals surface area (Å²) in [5.74, 6) is -1.14. The summed E-state index contributed by atoms with van der Waals surface area (Å²) >= 11 is 0. The van der Waals surface area contributed by atoms with Gasteiger partial charge in [0.25, 0.3) is 5.91 Å². The number of halogens is 1. The highest BCUT2D eigenvalue weighted by atomic mass is 19.1. The average Bonchev–Trinajstić information content (AvgIpc) is 2.71. The largest absolute Gasteiger partial charge is 0.354 e. The van der Waals surface area contributed by atoms with Crippen molar-refractivity contribution in [3.8, 4) is 0 Å². The smallest absolute Gasteiger partial charge is 0.317 e. The van der Waals surface area contributed by atoms with E-state index in [9.17, 15) is 18.8 Å². The van der Waals surface area contributed by atoms with Gasteiger partial charge in [0.15, 0.2) is 0 Å². The van der Waals surface area contributed by atoms with Crippen LogP contribution in [0.25, 0.3) is 0 Å². The van der Waals surface area contributed by atoms with Crippen LogP contribution in [-0.4, -0.2) is 55.0 Å². The summed E-state index contributed by atoms with van der Waals surface area (Å²) in [4.78, 5) is 38.9. The molecule has 8 heteroatoms. The molecular weight excluding hydrogens is 363 g/mol. The summed E-state index contributed by atoms with van der Waals surface area (Å²) in [6.45, 7) is 5.97. The first-order chi connectivity index (χ1) is 13.5. The standard InChI is InChI=1S/C20H29FN4O3/c1-3-11-23-19(27)17(24-18(26)15-5-7-16(21)8-6-15)14-9-12-25(13-10-14)20(28)22-4-2/h5-8,14,17H,3-4,9-13H2,1-2H3,(H,22,28)(H,23,27)(H,24,26). The Balaban J connectivity index is 2.05. The first-order valence-corrected chi connectivity index (χ1v) is 9.83. The topological polar surface area (TPSA) is 90.5 Å². The minimum absolute atomic E-state index is 0.0769. The van der Waals surface area contributed by atoms with Crippen molar-refractivity contribution in [3.63, 3.8) is 0 Å². The molecule has 0 bridgehead atoms. The third-order valence-corrected chi connectivity index (χ3v) is 4.85. The first kappa shape index (κ1) is 21.7. The molecule has 0 radical (unpaired) electrons. The Labute approximate surface area is 165 Å². The van der Waals surface area contributed by atoms with Gasteiger partial charge < -0.3 is 20.9 Å². The van der Waals surface area contributed by atoms with Crippen LogP contribution in [0, 0.1) is 11.7 Å². The number of carbonyl (C=O) groups excluding carboxylic acids is 3. The lowest BCUT2D eigenvalue weighted by atomic mass is 9.88. The first-order valence-electron chi connectivity index (χ1n) is 9.83. The number of likely N-dealkylation sites (tertiary alicyclic amines) is 1. The number of amides is 4. The maximum atomic E-state index is 13.1. The molecule has 1 unspecified atom stereocenters. The molecule has 1 saturated heterocycles. The fourth-order valence-electron chi connectivity index (χ4n) is 3.28. The number of hydrogen-bond donors (Lipinski definition) is 3. The van der Waals surface area contributed by atoms with E-state index in [1.165, 1.54) is 24.3 Å². The van der Waals surface area contributed by atoms with Crippen LogP contribution in [0.1, 0.15) is 43.5 Å². The van der Waals surface area contributed by atoms with Gasteiger partial charge in [-0.05, 0) is 56.4 Å². The number of nitrogens with one attached hydrogen (secondary N) is 3. The lowest BCUT2D eigenvalue weighted by Gasteiger charge is -2.35. The van der Waals surface area contributed by atoms with Gasteiger partial charge in [0, 0.05) is 31.7 Å². The van der Waals surface area contributed by atoms with Crippen LogP contribution >= 0.6 is 0 Å². The van der Waals surface area contributed by atoms with Gasteiger partial charge in [-0.3, -0.25) is 9.59 Å². The quantitative estimate of drug-likeness (QED) is 0.662. The predicted molar refractivity (Wildman–Crippen MR) is 104 cm³/mol. The summed E-state index contributed by atoms with van der Waals surface area (Å²) in [6, 6.07) is 4.41. The third kappa shape index (κ3) is 5.94. The van der Waals surface area contributed by atoms with Crippen molar-refractivity contribution in [1.82, 2.24) is 20.9 Å². The van der Waals surface area contributed by atoms with E-state index in [-0.39, 0.29) is 17.9 Å². The van der Waals surface area contributed by atoms with Crippen molar-refractivity contribution in [3.05, 3.63) is 35.6 Å². The Kier molecular flexibility index (Phi) is 8.22. The molecule has 0 aliphatic carbocycles. The van der Waals surface area contributed by atoms with Gasteiger partial charge in [-0.2, -0.15) is 0 Å². The van der Waals surface area contributed by atoms with E-state index in [0.29, 0.717) is 44.6 Å². The molecule has 28 heavy (non-hydrogen) atoms. The van der Waals surface area contributed by atoms with Crippen LogP contribution in [0.4, 0.5) is 9.18 Å². The lowest BCUT2D eigenvalue weighted by Crippen LogP contribution is -2.54. The van der Waals surface area contributed by atoms with Crippen molar-refractivity contribution in [2.45, 2.75) is 39.2 Å². The van der Waals surface area contributed by atoms with E-state index in [1.54, 1.807) is 4.90 Å². The van der Waals surface area contributed by atoms with Crippen molar-refractivity contribution >= 4 is 17.8 Å². The van der Waals surface area contributed by atoms with Crippen LogP contribution in [-0.2, 0) is 4.79 Å². The number of benzene rings is 1.